The van der Waals surface area contributed by atoms with Crippen LogP contribution in [0, 0.1) is 28.1 Å². The molecule has 0 radical (unpaired) electrons. The number of allylic oxidation sites excluding steroid dienone is 3. The summed E-state index contributed by atoms with van der Waals surface area (Å²) in [7, 11) is 1.64. The zero-order chi connectivity index (χ0) is 14.8. The molecule has 1 heterocycles. The van der Waals surface area contributed by atoms with Gasteiger partial charge in [0, 0.05) is 18.7 Å². The Morgan fingerprint density at radius 2 is 1.75 bits per heavy atom. The van der Waals surface area contributed by atoms with Crippen molar-refractivity contribution in [3.05, 3.63) is 22.6 Å². The molecule has 0 atom stereocenters. The smallest absolute Gasteiger partial charge is 0.143 e. The van der Waals surface area contributed by atoms with Gasteiger partial charge in [-0.3, -0.25) is 0 Å². The van der Waals surface area contributed by atoms with Crippen LogP contribution in [-0.2, 0) is 4.74 Å². The van der Waals surface area contributed by atoms with Crippen LogP contribution in [0.15, 0.2) is 22.6 Å². The summed E-state index contributed by atoms with van der Waals surface area (Å²) in [5.41, 5.74) is 2.18. The van der Waals surface area contributed by atoms with Crippen LogP contribution in [0.25, 0.3) is 0 Å². The fraction of sp³-hybridized carbons (Fsp3) is 0.625. The molecule has 106 valence electrons. The quantitative estimate of drug-likeness (QED) is 0.724. The number of rotatable bonds is 2. The van der Waals surface area contributed by atoms with Crippen LogP contribution >= 0.6 is 0 Å². The monoisotopic (exact) mass is 271 g/mol. The molecule has 1 saturated heterocycles. The molecule has 0 aromatic carbocycles. The molecule has 1 fully saturated rings. The third kappa shape index (κ3) is 2.65. The highest BCUT2D eigenvalue weighted by atomic mass is 16.5. The first-order valence-corrected chi connectivity index (χ1v) is 7.08. The topological polar surface area (TPSA) is 60.0 Å². The van der Waals surface area contributed by atoms with Crippen LogP contribution in [-0.4, -0.2) is 25.1 Å². The maximum atomic E-state index is 9.19. The molecule has 0 saturated carbocycles. The molecule has 0 amide bonds. The highest BCUT2D eigenvalue weighted by molar-refractivity contribution is 5.50. The lowest BCUT2D eigenvalue weighted by Crippen LogP contribution is -2.30. The van der Waals surface area contributed by atoms with E-state index in [1.807, 2.05) is 12.1 Å². The molecule has 0 aromatic rings. The van der Waals surface area contributed by atoms with E-state index in [1.165, 1.54) is 18.5 Å². The van der Waals surface area contributed by atoms with E-state index >= 15 is 0 Å². The lowest BCUT2D eigenvalue weighted by Gasteiger charge is -2.38. The average Bonchev–Trinajstić information content (AvgIpc) is 2.92. The standard InChI is InChI=1S/C16H21N3O/c1-16(2)8-13(12(10-17)11-18)15(20-3)14(9-16)19-6-4-5-7-19/h4-9H2,1-3H3. The highest BCUT2D eigenvalue weighted by Gasteiger charge is 2.36. The van der Waals surface area contributed by atoms with E-state index < -0.39 is 0 Å². The van der Waals surface area contributed by atoms with Crippen LogP contribution in [0.2, 0.25) is 0 Å². The van der Waals surface area contributed by atoms with E-state index in [0.29, 0.717) is 6.42 Å². The van der Waals surface area contributed by atoms with Crippen molar-refractivity contribution in [3.8, 4) is 12.1 Å². The Kier molecular flexibility index (Phi) is 4.04. The Hall–Kier alpha value is -1.94. The number of nitriles is 2. The highest BCUT2D eigenvalue weighted by Crippen LogP contribution is 2.44. The molecule has 1 aliphatic heterocycles. The molecule has 0 N–H and O–H groups in total. The fourth-order valence-electron chi connectivity index (χ4n) is 3.17. The van der Waals surface area contributed by atoms with Crippen molar-refractivity contribution in [1.82, 2.24) is 4.90 Å². The maximum Gasteiger partial charge on any atom is 0.143 e. The summed E-state index contributed by atoms with van der Waals surface area (Å²) >= 11 is 0. The minimum Gasteiger partial charge on any atom is -0.495 e. The molecule has 0 spiro atoms. The van der Waals surface area contributed by atoms with Gasteiger partial charge in [-0.25, -0.2) is 0 Å². The molecule has 20 heavy (non-hydrogen) atoms. The van der Waals surface area contributed by atoms with Crippen molar-refractivity contribution in [3.63, 3.8) is 0 Å². The number of methoxy groups -OCH3 is 1. The summed E-state index contributed by atoms with van der Waals surface area (Å²) in [6.07, 6.45) is 4.04. The van der Waals surface area contributed by atoms with Crippen molar-refractivity contribution in [1.29, 1.82) is 10.5 Å². The summed E-state index contributed by atoms with van der Waals surface area (Å²) in [6.45, 7) is 6.45. The van der Waals surface area contributed by atoms with Crippen LogP contribution in [0.1, 0.15) is 39.5 Å². The van der Waals surface area contributed by atoms with Gasteiger partial charge in [0.15, 0.2) is 0 Å². The molecular formula is C16H21N3O. The summed E-state index contributed by atoms with van der Waals surface area (Å²) < 4.78 is 5.58. The zero-order valence-corrected chi connectivity index (χ0v) is 12.5. The van der Waals surface area contributed by atoms with Crippen LogP contribution in [0.5, 0.6) is 0 Å². The predicted molar refractivity (Wildman–Crippen MR) is 76.1 cm³/mol. The second-order valence-corrected chi connectivity index (χ2v) is 6.27. The number of likely N-dealkylation sites (tertiary alicyclic amines) is 1. The van der Waals surface area contributed by atoms with E-state index in [4.69, 9.17) is 4.74 Å². The zero-order valence-electron chi connectivity index (χ0n) is 12.5. The molecular weight excluding hydrogens is 250 g/mol. The molecule has 0 unspecified atom stereocenters. The fourth-order valence-corrected chi connectivity index (χ4v) is 3.17. The lowest BCUT2D eigenvalue weighted by molar-refractivity contribution is 0.214. The summed E-state index contributed by atoms with van der Waals surface area (Å²) in [5.74, 6) is 0.754. The Balaban J connectivity index is 2.56. The Morgan fingerprint density at radius 3 is 2.25 bits per heavy atom. The van der Waals surface area contributed by atoms with Crippen LogP contribution in [0.4, 0.5) is 0 Å². The van der Waals surface area contributed by atoms with E-state index in [2.05, 4.69) is 18.7 Å². The minimum atomic E-state index is 0.0498. The molecule has 4 nitrogen and oxygen atoms in total. The van der Waals surface area contributed by atoms with E-state index in [-0.39, 0.29) is 11.0 Å². The van der Waals surface area contributed by atoms with Crippen molar-refractivity contribution >= 4 is 0 Å². The van der Waals surface area contributed by atoms with Gasteiger partial charge in [0.1, 0.15) is 23.5 Å². The molecule has 0 aromatic heterocycles. The van der Waals surface area contributed by atoms with E-state index in [1.54, 1.807) is 7.11 Å². The Labute approximate surface area is 120 Å². The first-order chi connectivity index (χ1) is 9.52. The normalized spacial score (nSPS) is 21.4. The van der Waals surface area contributed by atoms with Gasteiger partial charge in [-0.1, -0.05) is 13.8 Å². The van der Waals surface area contributed by atoms with Gasteiger partial charge in [-0.15, -0.1) is 0 Å². The largest absolute Gasteiger partial charge is 0.495 e. The molecule has 0 bridgehead atoms. The van der Waals surface area contributed by atoms with Gasteiger partial charge in [0.05, 0.1) is 12.8 Å². The van der Waals surface area contributed by atoms with Crippen molar-refractivity contribution in [2.24, 2.45) is 5.41 Å². The molecule has 2 aliphatic rings. The van der Waals surface area contributed by atoms with Crippen LogP contribution in [0.3, 0.4) is 0 Å². The van der Waals surface area contributed by atoms with E-state index in [0.717, 1.165) is 30.8 Å². The van der Waals surface area contributed by atoms with Gasteiger partial charge < -0.3 is 9.64 Å². The minimum absolute atomic E-state index is 0.0498. The third-order valence-electron chi connectivity index (χ3n) is 4.05. The van der Waals surface area contributed by atoms with Crippen molar-refractivity contribution < 1.29 is 4.74 Å². The molecule has 4 heteroatoms. The van der Waals surface area contributed by atoms with Crippen molar-refractivity contribution in [2.45, 2.75) is 39.5 Å². The summed E-state index contributed by atoms with van der Waals surface area (Å²) in [4.78, 5) is 2.35. The predicted octanol–water partition coefficient (Wildman–Crippen LogP) is 3.10. The second-order valence-electron chi connectivity index (χ2n) is 6.27. The number of nitrogens with zero attached hydrogens (tertiary/aromatic N) is 3. The van der Waals surface area contributed by atoms with Gasteiger partial charge in [-0.05, 0) is 31.1 Å². The molecule has 1 aliphatic carbocycles. The van der Waals surface area contributed by atoms with Crippen molar-refractivity contribution in [2.75, 3.05) is 20.2 Å². The van der Waals surface area contributed by atoms with Gasteiger partial charge in [-0.2, -0.15) is 10.5 Å². The Bertz CT molecular complexity index is 521. The number of ether oxygens (including phenoxy) is 1. The lowest BCUT2D eigenvalue weighted by atomic mass is 9.75. The van der Waals surface area contributed by atoms with E-state index in [9.17, 15) is 10.5 Å². The number of hydrogen-bond donors (Lipinski definition) is 0. The summed E-state index contributed by atoms with van der Waals surface area (Å²) in [5, 5.41) is 18.4. The van der Waals surface area contributed by atoms with Gasteiger partial charge in [0.25, 0.3) is 0 Å². The molecule has 2 rings (SSSR count). The second kappa shape index (κ2) is 5.59. The first kappa shape index (κ1) is 14.5. The third-order valence-corrected chi connectivity index (χ3v) is 4.05. The Morgan fingerprint density at radius 1 is 1.15 bits per heavy atom. The average molecular weight is 271 g/mol. The SMILES string of the molecule is COC1=C(N2CCCC2)CC(C)(C)CC1=C(C#N)C#N. The van der Waals surface area contributed by atoms with Crippen LogP contribution < -0.4 is 0 Å². The number of hydrogen-bond acceptors (Lipinski definition) is 4. The maximum absolute atomic E-state index is 9.19. The van der Waals surface area contributed by atoms with Gasteiger partial charge in [0.2, 0.25) is 0 Å². The summed E-state index contributed by atoms with van der Waals surface area (Å²) in [6, 6.07) is 4.04. The first-order valence-electron chi connectivity index (χ1n) is 7.08. The van der Waals surface area contributed by atoms with Gasteiger partial charge >= 0.3 is 0 Å².